The molecule has 0 atom stereocenters. The van der Waals surface area contributed by atoms with Gasteiger partial charge in [0.25, 0.3) is 0 Å². The topological polar surface area (TPSA) is 21.3 Å². The van der Waals surface area contributed by atoms with Gasteiger partial charge in [-0.2, -0.15) is 0 Å². The second-order valence-electron chi connectivity index (χ2n) is 5.82. The Hall–Kier alpha value is -1.28. The predicted molar refractivity (Wildman–Crippen MR) is 90.8 cm³/mol. The molecular formula is C19H29NO. The van der Waals surface area contributed by atoms with E-state index in [0.717, 1.165) is 31.9 Å². The molecule has 1 N–H and O–H groups in total. The van der Waals surface area contributed by atoms with E-state index in [4.69, 9.17) is 4.74 Å². The van der Waals surface area contributed by atoms with Gasteiger partial charge < -0.3 is 10.1 Å². The van der Waals surface area contributed by atoms with Crippen molar-refractivity contribution in [2.24, 2.45) is 0 Å². The fraction of sp³-hybridized carbons (Fsp3) is 0.579. The first-order chi connectivity index (χ1) is 10.4. The molecule has 0 unspecified atom stereocenters. The molecule has 2 heteroatoms. The number of ether oxygens (including phenoxy) is 1. The Morgan fingerprint density at radius 2 is 1.76 bits per heavy atom. The van der Waals surface area contributed by atoms with E-state index in [0.29, 0.717) is 0 Å². The highest BCUT2D eigenvalue weighted by Crippen LogP contribution is 2.22. The molecule has 1 aliphatic rings. The Labute approximate surface area is 129 Å². The van der Waals surface area contributed by atoms with Crippen LogP contribution in [0.4, 0.5) is 0 Å². The lowest BCUT2D eigenvalue weighted by Gasteiger charge is -2.14. The second-order valence-corrected chi connectivity index (χ2v) is 5.82. The zero-order valence-corrected chi connectivity index (χ0v) is 13.4. The van der Waals surface area contributed by atoms with Crippen LogP contribution in [0, 0.1) is 0 Å². The van der Waals surface area contributed by atoms with Gasteiger partial charge in [-0.25, -0.2) is 0 Å². The largest absolute Gasteiger partial charge is 0.494 e. The number of rotatable bonds is 9. The minimum Gasteiger partial charge on any atom is -0.494 e. The van der Waals surface area contributed by atoms with Crippen LogP contribution in [0.1, 0.15) is 57.4 Å². The third-order valence-corrected chi connectivity index (χ3v) is 4.06. The molecule has 1 aromatic rings. The molecule has 2 nitrogen and oxygen atoms in total. The van der Waals surface area contributed by atoms with E-state index in [1.165, 1.54) is 49.7 Å². The van der Waals surface area contributed by atoms with Gasteiger partial charge >= 0.3 is 0 Å². The first kappa shape index (κ1) is 16.1. The van der Waals surface area contributed by atoms with E-state index in [1.54, 1.807) is 0 Å². The van der Waals surface area contributed by atoms with Crippen molar-refractivity contribution in [1.29, 1.82) is 0 Å². The van der Waals surface area contributed by atoms with Crippen molar-refractivity contribution < 1.29 is 4.74 Å². The van der Waals surface area contributed by atoms with Gasteiger partial charge in [-0.05, 0) is 42.7 Å². The average molecular weight is 287 g/mol. The van der Waals surface area contributed by atoms with Crippen LogP contribution in [0.3, 0.4) is 0 Å². The van der Waals surface area contributed by atoms with Gasteiger partial charge in [0.15, 0.2) is 0 Å². The summed E-state index contributed by atoms with van der Waals surface area (Å²) in [5.74, 6) is 1.00. The summed E-state index contributed by atoms with van der Waals surface area (Å²) in [6.45, 7) is 5.18. The highest BCUT2D eigenvalue weighted by Gasteiger charge is 2.05. The van der Waals surface area contributed by atoms with Gasteiger partial charge in [0.05, 0.1) is 6.61 Å². The molecule has 0 spiro atoms. The zero-order valence-electron chi connectivity index (χ0n) is 13.4. The zero-order chi connectivity index (χ0) is 14.8. The lowest BCUT2D eigenvalue weighted by molar-refractivity contribution is 0.304. The predicted octanol–water partition coefficient (Wildman–Crippen LogP) is 4.80. The molecule has 0 bridgehead atoms. The number of unbranched alkanes of at least 4 members (excludes halogenated alkanes) is 5. The lowest BCUT2D eigenvalue weighted by Crippen LogP contribution is -2.19. The smallest absolute Gasteiger partial charge is 0.119 e. The molecule has 0 saturated heterocycles. The molecular weight excluding hydrogens is 258 g/mol. The molecule has 1 heterocycles. The van der Waals surface area contributed by atoms with E-state index in [2.05, 4.69) is 42.6 Å². The first-order valence-corrected chi connectivity index (χ1v) is 8.53. The van der Waals surface area contributed by atoms with Crippen molar-refractivity contribution in [3.8, 4) is 5.75 Å². The Morgan fingerprint density at radius 1 is 1.00 bits per heavy atom. The molecule has 0 aromatic heterocycles. The summed E-state index contributed by atoms with van der Waals surface area (Å²) in [7, 11) is 0. The van der Waals surface area contributed by atoms with Crippen molar-refractivity contribution >= 4 is 5.57 Å². The lowest BCUT2D eigenvalue weighted by atomic mass is 10.0. The molecule has 0 fully saturated rings. The molecule has 0 aliphatic carbocycles. The van der Waals surface area contributed by atoms with Crippen LogP contribution in [0.5, 0.6) is 5.75 Å². The third kappa shape index (κ3) is 5.92. The molecule has 0 radical (unpaired) electrons. The van der Waals surface area contributed by atoms with Crippen LogP contribution in [-0.2, 0) is 0 Å². The minimum absolute atomic E-state index is 0.845. The Kier molecular flexibility index (Phi) is 7.37. The van der Waals surface area contributed by atoms with Crippen LogP contribution in [0.25, 0.3) is 5.57 Å². The van der Waals surface area contributed by atoms with E-state index in [-0.39, 0.29) is 0 Å². The Bertz CT molecular complexity index is 422. The van der Waals surface area contributed by atoms with Crippen LogP contribution < -0.4 is 10.1 Å². The van der Waals surface area contributed by atoms with Crippen molar-refractivity contribution in [1.82, 2.24) is 5.32 Å². The first-order valence-electron chi connectivity index (χ1n) is 8.53. The quantitative estimate of drug-likeness (QED) is 0.659. The standard InChI is InChI=1S/C19H29NO/c1-2-3-4-5-6-7-16-21-19-10-8-17(9-11-19)18-12-14-20-15-13-18/h8-12,20H,2-7,13-16H2,1H3. The average Bonchev–Trinajstić information content (AvgIpc) is 2.55. The molecule has 2 rings (SSSR count). The van der Waals surface area contributed by atoms with Gasteiger partial charge in [-0.15, -0.1) is 0 Å². The second kappa shape index (κ2) is 9.62. The summed E-state index contributed by atoms with van der Waals surface area (Å²) in [5, 5.41) is 3.35. The molecule has 0 amide bonds. The van der Waals surface area contributed by atoms with Crippen molar-refractivity contribution in [2.45, 2.75) is 51.9 Å². The monoisotopic (exact) mass is 287 g/mol. The van der Waals surface area contributed by atoms with E-state index in [1.807, 2.05) is 0 Å². The van der Waals surface area contributed by atoms with E-state index < -0.39 is 0 Å². The molecule has 21 heavy (non-hydrogen) atoms. The third-order valence-electron chi connectivity index (χ3n) is 4.06. The fourth-order valence-corrected chi connectivity index (χ4v) is 2.72. The molecule has 1 aliphatic heterocycles. The van der Waals surface area contributed by atoms with Gasteiger partial charge in [-0.3, -0.25) is 0 Å². The van der Waals surface area contributed by atoms with Gasteiger partial charge in [0.2, 0.25) is 0 Å². The van der Waals surface area contributed by atoms with Crippen molar-refractivity contribution in [2.75, 3.05) is 19.7 Å². The summed E-state index contributed by atoms with van der Waals surface area (Å²) in [6.07, 6.45) is 11.3. The minimum atomic E-state index is 0.845. The van der Waals surface area contributed by atoms with E-state index >= 15 is 0 Å². The van der Waals surface area contributed by atoms with E-state index in [9.17, 15) is 0 Å². The number of hydrogen-bond donors (Lipinski definition) is 1. The van der Waals surface area contributed by atoms with Gasteiger partial charge in [0, 0.05) is 6.54 Å². The molecule has 1 aromatic carbocycles. The van der Waals surface area contributed by atoms with Gasteiger partial charge in [-0.1, -0.05) is 57.2 Å². The van der Waals surface area contributed by atoms with Crippen LogP contribution >= 0.6 is 0 Å². The Morgan fingerprint density at radius 3 is 2.48 bits per heavy atom. The summed E-state index contributed by atoms with van der Waals surface area (Å²) < 4.78 is 5.82. The van der Waals surface area contributed by atoms with Crippen LogP contribution in [0.15, 0.2) is 30.3 Å². The maximum absolute atomic E-state index is 5.82. The summed E-state index contributed by atoms with van der Waals surface area (Å²) >= 11 is 0. The summed E-state index contributed by atoms with van der Waals surface area (Å²) in [5.41, 5.74) is 2.79. The number of benzene rings is 1. The van der Waals surface area contributed by atoms with Crippen LogP contribution in [0.2, 0.25) is 0 Å². The van der Waals surface area contributed by atoms with Crippen LogP contribution in [-0.4, -0.2) is 19.7 Å². The Balaban J connectivity index is 1.66. The SMILES string of the molecule is CCCCCCCCOc1ccc(C2=CCNCC2)cc1. The maximum atomic E-state index is 5.82. The molecule has 0 saturated carbocycles. The van der Waals surface area contributed by atoms with Gasteiger partial charge in [0.1, 0.15) is 5.75 Å². The fourth-order valence-electron chi connectivity index (χ4n) is 2.72. The summed E-state index contributed by atoms with van der Waals surface area (Å²) in [4.78, 5) is 0. The van der Waals surface area contributed by atoms with Crippen molar-refractivity contribution in [3.63, 3.8) is 0 Å². The number of nitrogens with one attached hydrogen (secondary N) is 1. The highest BCUT2D eigenvalue weighted by atomic mass is 16.5. The van der Waals surface area contributed by atoms with Crippen molar-refractivity contribution in [3.05, 3.63) is 35.9 Å². The maximum Gasteiger partial charge on any atom is 0.119 e. The summed E-state index contributed by atoms with van der Waals surface area (Å²) in [6, 6.07) is 8.59. The highest BCUT2D eigenvalue weighted by molar-refractivity contribution is 5.67. The molecule has 116 valence electrons. The number of hydrogen-bond acceptors (Lipinski definition) is 2. The normalized spacial score (nSPS) is 14.8.